The van der Waals surface area contributed by atoms with Gasteiger partial charge in [0.2, 0.25) is 0 Å². The first kappa shape index (κ1) is 12.9. The van der Waals surface area contributed by atoms with E-state index >= 15 is 0 Å². The molecule has 1 heterocycles. The first-order valence-electron chi connectivity index (χ1n) is 5.83. The van der Waals surface area contributed by atoms with Crippen LogP contribution in [0.5, 0.6) is 0 Å². The van der Waals surface area contributed by atoms with E-state index in [2.05, 4.69) is 41.1 Å². The number of aryl methyl sites for hydroxylation is 1. The highest BCUT2D eigenvalue weighted by Gasteiger charge is 2.01. The van der Waals surface area contributed by atoms with Gasteiger partial charge >= 0.3 is 0 Å². The molecule has 0 saturated carbocycles. The topological polar surface area (TPSA) is 41.1 Å². The van der Waals surface area contributed by atoms with Crippen molar-refractivity contribution >= 4 is 5.82 Å². The summed E-state index contributed by atoms with van der Waals surface area (Å²) < 4.78 is 0. The van der Waals surface area contributed by atoms with E-state index in [0.717, 1.165) is 31.2 Å². The predicted molar refractivity (Wildman–Crippen MR) is 67.6 cm³/mol. The fourth-order valence-electron chi connectivity index (χ4n) is 1.36. The Morgan fingerprint density at radius 3 is 2.81 bits per heavy atom. The zero-order valence-electron chi connectivity index (χ0n) is 10.7. The molecule has 4 nitrogen and oxygen atoms in total. The Bertz CT molecular complexity index is 312. The summed E-state index contributed by atoms with van der Waals surface area (Å²) in [4.78, 5) is 10.7. The van der Waals surface area contributed by atoms with Crippen molar-refractivity contribution in [2.24, 2.45) is 0 Å². The van der Waals surface area contributed by atoms with Gasteiger partial charge in [-0.3, -0.25) is 0 Å². The van der Waals surface area contributed by atoms with E-state index in [1.165, 1.54) is 0 Å². The van der Waals surface area contributed by atoms with E-state index in [4.69, 9.17) is 0 Å². The molecule has 0 bridgehead atoms. The fraction of sp³-hybridized carbons (Fsp3) is 0.667. The average molecular weight is 222 g/mol. The molecule has 4 heteroatoms. The summed E-state index contributed by atoms with van der Waals surface area (Å²) in [6.07, 6.45) is 2.91. The number of nitrogens with zero attached hydrogens (tertiary/aromatic N) is 3. The molecule has 1 N–H and O–H groups in total. The van der Waals surface area contributed by atoms with Crippen molar-refractivity contribution in [2.75, 3.05) is 25.5 Å². The summed E-state index contributed by atoms with van der Waals surface area (Å²) in [6.45, 7) is 8.38. The van der Waals surface area contributed by atoms with Crippen LogP contribution in [-0.2, 0) is 0 Å². The van der Waals surface area contributed by atoms with Crippen molar-refractivity contribution in [3.63, 3.8) is 0 Å². The second-order valence-electron chi connectivity index (χ2n) is 4.34. The van der Waals surface area contributed by atoms with Crippen LogP contribution in [0.4, 0.5) is 5.82 Å². The van der Waals surface area contributed by atoms with E-state index in [0.29, 0.717) is 6.04 Å². The third-order valence-corrected chi connectivity index (χ3v) is 2.65. The summed E-state index contributed by atoms with van der Waals surface area (Å²) in [5.74, 6) is 1.73. The molecule has 0 atom stereocenters. The first-order valence-corrected chi connectivity index (χ1v) is 5.83. The van der Waals surface area contributed by atoms with Crippen LogP contribution < -0.4 is 5.32 Å². The van der Waals surface area contributed by atoms with Gasteiger partial charge in [-0.25, -0.2) is 9.97 Å². The standard InChI is InChI=1S/C12H22N4/c1-10(2)16(4)9-5-7-14-12-6-8-13-11(3)15-12/h6,8,10H,5,7,9H2,1-4H3,(H,13,14,15). The molecule has 0 saturated heterocycles. The lowest BCUT2D eigenvalue weighted by Gasteiger charge is -2.20. The monoisotopic (exact) mass is 222 g/mol. The number of hydrogen-bond donors (Lipinski definition) is 1. The van der Waals surface area contributed by atoms with Crippen LogP contribution in [0.15, 0.2) is 12.3 Å². The molecule has 0 aliphatic carbocycles. The Balaban J connectivity index is 2.21. The third kappa shape index (κ3) is 4.57. The minimum Gasteiger partial charge on any atom is -0.370 e. The molecule has 90 valence electrons. The molecular weight excluding hydrogens is 200 g/mol. The average Bonchev–Trinajstić information content (AvgIpc) is 2.24. The van der Waals surface area contributed by atoms with Crippen molar-refractivity contribution in [1.82, 2.24) is 14.9 Å². The maximum atomic E-state index is 4.29. The normalized spacial score (nSPS) is 11.1. The number of rotatable bonds is 6. The van der Waals surface area contributed by atoms with Crippen LogP contribution in [0, 0.1) is 6.92 Å². The highest BCUT2D eigenvalue weighted by molar-refractivity contribution is 5.32. The van der Waals surface area contributed by atoms with E-state index < -0.39 is 0 Å². The van der Waals surface area contributed by atoms with Gasteiger partial charge in [-0.15, -0.1) is 0 Å². The zero-order chi connectivity index (χ0) is 12.0. The van der Waals surface area contributed by atoms with Crippen molar-refractivity contribution in [1.29, 1.82) is 0 Å². The summed E-state index contributed by atoms with van der Waals surface area (Å²) in [5, 5.41) is 3.30. The van der Waals surface area contributed by atoms with Gasteiger partial charge < -0.3 is 10.2 Å². The highest BCUT2D eigenvalue weighted by atomic mass is 15.1. The van der Waals surface area contributed by atoms with Crippen LogP contribution in [0.25, 0.3) is 0 Å². The van der Waals surface area contributed by atoms with E-state index in [-0.39, 0.29) is 0 Å². The summed E-state index contributed by atoms with van der Waals surface area (Å²) in [5.41, 5.74) is 0. The molecule has 0 aliphatic rings. The molecule has 0 unspecified atom stereocenters. The predicted octanol–water partition coefficient (Wildman–Crippen LogP) is 1.93. The number of aromatic nitrogens is 2. The molecule has 16 heavy (non-hydrogen) atoms. The fourth-order valence-corrected chi connectivity index (χ4v) is 1.36. The SMILES string of the molecule is Cc1nccc(NCCCN(C)C(C)C)n1. The van der Waals surface area contributed by atoms with Gasteiger partial charge in [0.1, 0.15) is 11.6 Å². The molecule has 0 aromatic carbocycles. The van der Waals surface area contributed by atoms with Crippen LogP contribution >= 0.6 is 0 Å². The van der Waals surface area contributed by atoms with Crippen LogP contribution in [0.3, 0.4) is 0 Å². The lowest BCUT2D eigenvalue weighted by atomic mass is 10.3. The van der Waals surface area contributed by atoms with Crippen LogP contribution in [-0.4, -0.2) is 41.0 Å². The molecule has 0 radical (unpaired) electrons. The van der Waals surface area contributed by atoms with Gasteiger partial charge in [0.15, 0.2) is 0 Å². The maximum absolute atomic E-state index is 4.29. The zero-order valence-corrected chi connectivity index (χ0v) is 10.7. The van der Waals surface area contributed by atoms with Crippen LogP contribution in [0.2, 0.25) is 0 Å². The minimum atomic E-state index is 0.612. The largest absolute Gasteiger partial charge is 0.370 e. The van der Waals surface area contributed by atoms with Gasteiger partial charge in [0.05, 0.1) is 0 Å². The molecule has 1 rings (SSSR count). The molecule has 0 amide bonds. The first-order chi connectivity index (χ1) is 7.59. The van der Waals surface area contributed by atoms with Gasteiger partial charge in [0, 0.05) is 18.8 Å². The Hall–Kier alpha value is -1.16. The lowest BCUT2D eigenvalue weighted by molar-refractivity contribution is 0.273. The van der Waals surface area contributed by atoms with E-state index in [9.17, 15) is 0 Å². The van der Waals surface area contributed by atoms with Crippen LogP contribution in [0.1, 0.15) is 26.1 Å². The lowest BCUT2D eigenvalue weighted by Crippen LogP contribution is -2.28. The molecule has 0 aliphatic heterocycles. The quantitative estimate of drug-likeness (QED) is 0.747. The maximum Gasteiger partial charge on any atom is 0.129 e. The van der Waals surface area contributed by atoms with Gasteiger partial charge in [0.25, 0.3) is 0 Å². The second-order valence-corrected chi connectivity index (χ2v) is 4.34. The number of anilines is 1. The molecular formula is C12H22N4. The van der Waals surface area contributed by atoms with Crippen molar-refractivity contribution in [3.05, 3.63) is 18.1 Å². The Kier molecular flexibility index (Phi) is 5.19. The van der Waals surface area contributed by atoms with Gasteiger partial charge in [-0.1, -0.05) is 0 Å². The van der Waals surface area contributed by atoms with E-state index in [1.807, 2.05) is 13.0 Å². The van der Waals surface area contributed by atoms with Gasteiger partial charge in [-0.05, 0) is 46.9 Å². The van der Waals surface area contributed by atoms with Gasteiger partial charge in [-0.2, -0.15) is 0 Å². The number of hydrogen-bond acceptors (Lipinski definition) is 4. The summed E-state index contributed by atoms with van der Waals surface area (Å²) in [6, 6.07) is 2.51. The Morgan fingerprint density at radius 1 is 1.44 bits per heavy atom. The highest BCUT2D eigenvalue weighted by Crippen LogP contribution is 2.01. The molecule has 0 spiro atoms. The summed E-state index contributed by atoms with van der Waals surface area (Å²) in [7, 11) is 2.15. The Labute approximate surface area is 98.1 Å². The third-order valence-electron chi connectivity index (χ3n) is 2.65. The molecule has 1 aromatic heterocycles. The second kappa shape index (κ2) is 6.43. The minimum absolute atomic E-state index is 0.612. The smallest absolute Gasteiger partial charge is 0.129 e. The molecule has 0 fully saturated rings. The van der Waals surface area contributed by atoms with Crippen molar-refractivity contribution < 1.29 is 0 Å². The summed E-state index contributed by atoms with van der Waals surface area (Å²) >= 11 is 0. The Morgan fingerprint density at radius 2 is 2.19 bits per heavy atom. The van der Waals surface area contributed by atoms with Crippen molar-refractivity contribution in [2.45, 2.75) is 33.2 Å². The van der Waals surface area contributed by atoms with Crippen molar-refractivity contribution in [3.8, 4) is 0 Å². The molecule has 1 aromatic rings. The van der Waals surface area contributed by atoms with E-state index in [1.54, 1.807) is 6.20 Å². The number of nitrogens with one attached hydrogen (secondary N) is 1.